The molecular weight excluding hydrogens is 236 g/mol. The van der Waals surface area contributed by atoms with Gasteiger partial charge in [-0.15, -0.1) is 0 Å². The molecule has 1 heterocycles. The van der Waals surface area contributed by atoms with Gasteiger partial charge in [0.1, 0.15) is 5.69 Å². The number of ether oxygens (including phenoxy) is 1. The maximum absolute atomic E-state index is 5.91. The zero-order valence-corrected chi connectivity index (χ0v) is 12.9. The average molecular weight is 264 g/mol. The number of rotatable bonds is 9. The fraction of sp³-hybridized carbons (Fsp3) is 0.750. The molecule has 0 atom stereocenters. The minimum Gasteiger partial charge on any atom is -0.476 e. The van der Waals surface area contributed by atoms with E-state index in [9.17, 15) is 0 Å². The van der Waals surface area contributed by atoms with E-state index in [0.717, 1.165) is 24.4 Å². The van der Waals surface area contributed by atoms with Gasteiger partial charge >= 0.3 is 0 Å². The molecule has 0 fully saturated rings. The molecule has 0 spiro atoms. The number of aromatic nitrogens is 2. The van der Waals surface area contributed by atoms with Crippen molar-refractivity contribution in [2.45, 2.75) is 66.2 Å². The van der Waals surface area contributed by atoms with Crippen LogP contribution in [0.2, 0.25) is 0 Å². The van der Waals surface area contributed by atoms with Gasteiger partial charge in [0.2, 0.25) is 5.88 Å². The van der Waals surface area contributed by atoms with Crippen molar-refractivity contribution in [1.82, 2.24) is 9.97 Å². The highest BCUT2D eigenvalue weighted by Gasteiger charge is 2.19. The molecule has 0 aliphatic heterocycles. The fourth-order valence-electron chi connectivity index (χ4n) is 2.20. The first-order valence-electron chi connectivity index (χ1n) is 7.51. The van der Waals surface area contributed by atoms with E-state index in [1.165, 1.54) is 25.7 Å². The fourth-order valence-corrected chi connectivity index (χ4v) is 2.20. The van der Waals surface area contributed by atoms with Gasteiger partial charge in [0.05, 0.1) is 6.61 Å². The summed E-state index contributed by atoms with van der Waals surface area (Å²) >= 11 is 0. The van der Waals surface area contributed by atoms with Crippen molar-refractivity contribution in [2.24, 2.45) is 5.41 Å². The van der Waals surface area contributed by atoms with Gasteiger partial charge in [0.25, 0.3) is 0 Å². The second kappa shape index (κ2) is 8.13. The summed E-state index contributed by atoms with van der Waals surface area (Å²) in [6.45, 7) is 9.61. The normalized spacial score (nSPS) is 11.6. The standard InChI is InChI=1S/C16H28N2O/c1-5-7-8-9-14-15(18-12-11-17-14)19-13-16(3,4)10-6-2/h11-12H,5-10,13H2,1-4H3. The van der Waals surface area contributed by atoms with Crippen LogP contribution in [0.5, 0.6) is 5.88 Å². The highest BCUT2D eigenvalue weighted by atomic mass is 16.5. The van der Waals surface area contributed by atoms with Gasteiger partial charge in [-0.05, 0) is 24.7 Å². The summed E-state index contributed by atoms with van der Waals surface area (Å²) < 4.78 is 5.91. The van der Waals surface area contributed by atoms with Gasteiger partial charge in [0.15, 0.2) is 0 Å². The molecule has 19 heavy (non-hydrogen) atoms. The van der Waals surface area contributed by atoms with E-state index in [1.54, 1.807) is 12.4 Å². The number of hydrogen-bond donors (Lipinski definition) is 0. The second-order valence-corrected chi connectivity index (χ2v) is 5.97. The summed E-state index contributed by atoms with van der Waals surface area (Å²) in [6.07, 6.45) is 10.4. The molecule has 0 N–H and O–H groups in total. The van der Waals surface area contributed by atoms with Crippen LogP contribution in [0.1, 0.15) is 65.5 Å². The van der Waals surface area contributed by atoms with E-state index in [1.807, 2.05) is 0 Å². The van der Waals surface area contributed by atoms with Crippen LogP contribution in [-0.2, 0) is 6.42 Å². The van der Waals surface area contributed by atoms with Gasteiger partial charge in [-0.1, -0.05) is 47.0 Å². The summed E-state index contributed by atoms with van der Waals surface area (Å²) in [5.41, 5.74) is 1.20. The van der Waals surface area contributed by atoms with Crippen LogP contribution in [0.4, 0.5) is 0 Å². The monoisotopic (exact) mass is 264 g/mol. The van der Waals surface area contributed by atoms with Crippen LogP contribution >= 0.6 is 0 Å². The van der Waals surface area contributed by atoms with E-state index in [-0.39, 0.29) is 5.41 Å². The molecule has 0 aromatic carbocycles. The third kappa shape index (κ3) is 6.04. The van der Waals surface area contributed by atoms with E-state index >= 15 is 0 Å². The highest BCUT2D eigenvalue weighted by molar-refractivity contribution is 5.17. The van der Waals surface area contributed by atoms with Crippen molar-refractivity contribution in [1.29, 1.82) is 0 Å². The Kier molecular flexibility index (Phi) is 6.82. The maximum Gasteiger partial charge on any atom is 0.235 e. The Balaban J connectivity index is 2.57. The van der Waals surface area contributed by atoms with Crippen LogP contribution < -0.4 is 4.74 Å². The SMILES string of the molecule is CCCCCc1nccnc1OCC(C)(C)CCC. The van der Waals surface area contributed by atoms with Crippen LogP contribution in [-0.4, -0.2) is 16.6 Å². The third-order valence-electron chi connectivity index (χ3n) is 3.28. The van der Waals surface area contributed by atoms with Crippen molar-refractivity contribution in [3.8, 4) is 5.88 Å². The third-order valence-corrected chi connectivity index (χ3v) is 3.28. The Morgan fingerprint density at radius 1 is 1.05 bits per heavy atom. The van der Waals surface area contributed by atoms with Gasteiger partial charge < -0.3 is 4.74 Å². The zero-order valence-electron chi connectivity index (χ0n) is 12.9. The van der Waals surface area contributed by atoms with Crippen LogP contribution in [0, 0.1) is 5.41 Å². The van der Waals surface area contributed by atoms with E-state index in [4.69, 9.17) is 4.74 Å². The quantitative estimate of drug-likeness (QED) is 0.619. The Labute approximate surface area is 117 Å². The predicted molar refractivity (Wildman–Crippen MR) is 79.4 cm³/mol. The lowest BCUT2D eigenvalue weighted by Crippen LogP contribution is -2.22. The number of aryl methyl sites for hydroxylation is 1. The molecule has 3 heteroatoms. The van der Waals surface area contributed by atoms with E-state index in [2.05, 4.69) is 37.7 Å². The molecule has 1 aromatic rings. The first-order valence-corrected chi connectivity index (χ1v) is 7.51. The van der Waals surface area contributed by atoms with Crippen molar-refractivity contribution in [3.63, 3.8) is 0 Å². The molecule has 0 radical (unpaired) electrons. The lowest BCUT2D eigenvalue weighted by atomic mass is 9.89. The minimum atomic E-state index is 0.201. The lowest BCUT2D eigenvalue weighted by Gasteiger charge is -2.24. The van der Waals surface area contributed by atoms with Crippen molar-refractivity contribution in [3.05, 3.63) is 18.1 Å². The first-order chi connectivity index (χ1) is 9.09. The molecule has 0 saturated carbocycles. The molecule has 1 rings (SSSR count). The Morgan fingerprint density at radius 3 is 2.47 bits per heavy atom. The highest BCUT2D eigenvalue weighted by Crippen LogP contribution is 2.24. The van der Waals surface area contributed by atoms with E-state index < -0.39 is 0 Å². The van der Waals surface area contributed by atoms with Crippen LogP contribution in [0.3, 0.4) is 0 Å². The molecule has 0 aliphatic carbocycles. The molecule has 108 valence electrons. The van der Waals surface area contributed by atoms with Crippen LogP contribution in [0.15, 0.2) is 12.4 Å². The Hall–Kier alpha value is -1.12. The summed E-state index contributed by atoms with van der Waals surface area (Å²) in [7, 11) is 0. The largest absolute Gasteiger partial charge is 0.476 e. The summed E-state index contributed by atoms with van der Waals surface area (Å²) in [5, 5.41) is 0. The molecule has 0 saturated heterocycles. The molecule has 0 bridgehead atoms. The molecule has 0 amide bonds. The van der Waals surface area contributed by atoms with E-state index in [0.29, 0.717) is 6.61 Å². The summed E-state index contributed by atoms with van der Waals surface area (Å²) in [5.74, 6) is 0.725. The second-order valence-electron chi connectivity index (χ2n) is 5.97. The lowest BCUT2D eigenvalue weighted by molar-refractivity contribution is 0.161. The Morgan fingerprint density at radius 2 is 1.79 bits per heavy atom. The van der Waals surface area contributed by atoms with Crippen molar-refractivity contribution >= 4 is 0 Å². The van der Waals surface area contributed by atoms with Crippen molar-refractivity contribution < 1.29 is 4.74 Å². The minimum absolute atomic E-state index is 0.201. The Bertz CT molecular complexity index is 364. The maximum atomic E-state index is 5.91. The van der Waals surface area contributed by atoms with Gasteiger partial charge in [-0.25, -0.2) is 4.98 Å². The molecular formula is C16H28N2O. The topological polar surface area (TPSA) is 35.0 Å². The van der Waals surface area contributed by atoms with Crippen molar-refractivity contribution in [2.75, 3.05) is 6.61 Å². The zero-order chi connectivity index (χ0) is 14.1. The van der Waals surface area contributed by atoms with Gasteiger partial charge in [-0.2, -0.15) is 0 Å². The summed E-state index contributed by atoms with van der Waals surface area (Å²) in [4.78, 5) is 8.75. The molecule has 1 aromatic heterocycles. The first kappa shape index (κ1) is 15.9. The smallest absolute Gasteiger partial charge is 0.235 e. The van der Waals surface area contributed by atoms with Gasteiger partial charge in [-0.3, -0.25) is 4.98 Å². The molecule has 0 unspecified atom stereocenters. The van der Waals surface area contributed by atoms with Gasteiger partial charge in [0, 0.05) is 12.4 Å². The van der Waals surface area contributed by atoms with Crippen LogP contribution in [0.25, 0.3) is 0 Å². The summed E-state index contributed by atoms with van der Waals surface area (Å²) in [6, 6.07) is 0. The molecule has 0 aliphatic rings. The average Bonchev–Trinajstić information content (AvgIpc) is 2.38. The predicted octanol–water partition coefficient (Wildman–Crippen LogP) is 4.41. The number of nitrogens with zero attached hydrogens (tertiary/aromatic N) is 2. The molecule has 3 nitrogen and oxygen atoms in total. The number of unbranched alkanes of at least 4 members (excludes halogenated alkanes) is 2. The number of hydrogen-bond acceptors (Lipinski definition) is 3.